The molecule has 10 N–H and O–H groups in total. The van der Waals surface area contributed by atoms with Crippen LogP contribution in [0.2, 0.25) is 0 Å². The molecule has 1 aliphatic heterocycles. The Balaban J connectivity index is 0.927. The molecule has 1 aliphatic carbocycles. The van der Waals surface area contributed by atoms with Crippen LogP contribution >= 0.6 is 0 Å². The minimum atomic E-state index is -1.62. The molecule has 2 heterocycles. The number of rotatable bonds is 32. The lowest BCUT2D eigenvalue weighted by Crippen LogP contribution is -2.58. The highest BCUT2D eigenvalue weighted by Crippen LogP contribution is 2.44. The summed E-state index contributed by atoms with van der Waals surface area (Å²) < 4.78 is 28.6. The van der Waals surface area contributed by atoms with Gasteiger partial charge >= 0.3 is 30.3 Å². The minimum absolute atomic E-state index is 0.0583. The van der Waals surface area contributed by atoms with E-state index in [0.29, 0.717) is 39.8 Å². The molecule has 9 amide bonds. The van der Waals surface area contributed by atoms with Gasteiger partial charge in [0.05, 0.1) is 6.54 Å². The van der Waals surface area contributed by atoms with E-state index in [1.54, 1.807) is 139 Å². The van der Waals surface area contributed by atoms with Gasteiger partial charge in [0.25, 0.3) is 0 Å². The molecule has 0 radical (unpaired) electrons. The molecular weight excluding hydrogens is 1390 g/mol. The highest BCUT2D eigenvalue weighted by atomic mass is 16.6. The highest BCUT2D eigenvalue weighted by Gasteiger charge is 2.46. The first-order chi connectivity index (χ1) is 52.3. The number of ether oxygens (including phenoxy) is 5. The van der Waals surface area contributed by atoms with Crippen LogP contribution in [0.1, 0.15) is 118 Å². The zero-order chi connectivity index (χ0) is 77.6. The van der Waals surface area contributed by atoms with Gasteiger partial charge in [-0.15, -0.1) is 0 Å². The molecule has 7 atom stereocenters. The van der Waals surface area contributed by atoms with Gasteiger partial charge in [0.2, 0.25) is 29.5 Å². The summed E-state index contributed by atoms with van der Waals surface area (Å²) >= 11 is 0. The highest BCUT2D eigenvalue weighted by molar-refractivity contribution is 5.98. The van der Waals surface area contributed by atoms with Crippen LogP contribution in [0.15, 0.2) is 194 Å². The summed E-state index contributed by atoms with van der Waals surface area (Å²) in [7, 11) is 0. The monoisotopic (exact) mass is 1490 g/mol. The number of nitrogens with zero attached hydrogens (tertiary/aromatic N) is 1. The average Bonchev–Trinajstić information content (AvgIpc) is 1.63. The van der Waals surface area contributed by atoms with Crippen molar-refractivity contribution in [1.82, 2.24) is 52.4 Å². The number of carboxylic acids is 1. The van der Waals surface area contributed by atoms with E-state index >= 15 is 19.2 Å². The third-order valence-corrected chi connectivity index (χ3v) is 18.3. The Morgan fingerprint density at radius 1 is 0.514 bits per heavy atom. The Morgan fingerprint density at radius 3 is 1.66 bits per heavy atom. The van der Waals surface area contributed by atoms with E-state index < -0.39 is 120 Å². The molecule has 1 aromatic heterocycles. The van der Waals surface area contributed by atoms with Gasteiger partial charge in [-0.1, -0.05) is 170 Å². The van der Waals surface area contributed by atoms with Crippen LogP contribution in [-0.4, -0.2) is 155 Å². The molecule has 0 spiro atoms. The number of aromatic amines is 1. The van der Waals surface area contributed by atoms with Crippen LogP contribution in [0.3, 0.4) is 0 Å². The fourth-order valence-electron chi connectivity index (χ4n) is 13.1. The van der Waals surface area contributed by atoms with Crippen molar-refractivity contribution in [2.75, 3.05) is 32.8 Å². The zero-order valence-corrected chi connectivity index (χ0v) is 61.8. The number of carbonyl (C=O) groups is 10. The Morgan fingerprint density at radius 2 is 1.04 bits per heavy atom. The fraction of sp³-hybridized carbons (Fsp3) is 0.349. The van der Waals surface area contributed by atoms with E-state index in [1.165, 1.54) is 0 Å². The maximum atomic E-state index is 15.9. The molecule has 0 saturated carbocycles. The summed E-state index contributed by atoms with van der Waals surface area (Å²) in [6, 6.07) is 47.4. The summed E-state index contributed by atoms with van der Waals surface area (Å²) in [4.78, 5) is 147. The Labute approximate surface area is 632 Å². The molecular formula is C83H94N10O16. The molecule has 10 rings (SSSR count). The molecule has 0 bridgehead atoms. The molecule has 26 heteroatoms. The van der Waals surface area contributed by atoms with Crippen LogP contribution in [0.25, 0.3) is 22.0 Å². The molecule has 572 valence electrons. The maximum Gasteiger partial charge on any atom is 0.407 e. The molecule has 1 saturated heterocycles. The molecule has 1 fully saturated rings. The molecule has 7 aromatic carbocycles. The second kappa shape index (κ2) is 37.3. The SMILES string of the molecule is CC(C)(C)OC(=O)NCCCC[C@H](NC(=O)[C@@H](Cc1c[nH]c2ccccc12)NC(=O)[C@@H](NC(=O)[C@@H]1CC(OC(=O)NCCNC(=O)OC(C)(C)C)CN1C(=O)[C@H](Cc1ccccc1)NC(=O)[C@H](Cc1ccc(OCc2ccccc2)cc1)NC(=O)OCC1c2ccccc2-c2ccccc21)c1ccccc1)C(=O)O. The third kappa shape index (κ3) is 23.1. The smallest absolute Gasteiger partial charge is 0.407 e. The number of benzene rings is 7. The lowest BCUT2D eigenvalue weighted by Gasteiger charge is -2.31. The van der Waals surface area contributed by atoms with Crippen LogP contribution in [-0.2, 0) is 73.6 Å². The van der Waals surface area contributed by atoms with Crippen LogP contribution in [0.5, 0.6) is 5.75 Å². The van der Waals surface area contributed by atoms with Gasteiger partial charge in [-0.05, 0) is 129 Å². The number of alkyl carbamates (subject to hydrolysis) is 4. The number of para-hydroxylation sites is 1. The first-order valence-corrected chi connectivity index (χ1v) is 36.4. The van der Waals surface area contributed by atoms with E-state index in [0.717, 1.165) is 32.7 Å². The lowest BCUT2D eigenvalue weighted by molar-refractivity contribution is -0.143. The Hall–Kier alpha value is -12.2. The Kier molecular flexibility index (Phi) is 27.2. The van der Waals surface area contributed by atoms with Crippen molar-refractivity contribution in [3.8, 4) is 16.9 Å². The van der Waals surface area contributed by atoms with Crippen molar-refractivity contribution in [2.24, 2.45) is 0 Å². The van der Waals surface area contributed by atoms with Crippen molar-refractivity contribution >= 4 is 70.8 Å². The van der Waals surface area contributed by atoms with Crippen LogP contribution in [0.4, 0.5) is 19.2 Å². The number of unbranched alkanes of at least 4 members (excludes halogenated alkanes) is 1. The number of H-pyrrole nitrogens is 1. The maximum absolute atomic E-state index is 15.9. The van der Waals surface area contributed by atoms with Gasteiger partial charge in [-0.25, -0.2) is 24.0 Å². The van der Waals surface area contributed by atoms with Crippen LogP contribution in [0, 0.1) is 0 Å². The third-order valence-electron chi connectivity index (χ3n) is 18.3. The molecule has 1 unspecified atom stereocenters. The number of amides is 9. The van der Waals surface area contributed by atoms with Crippen LogP contribution < -0.4 is 47.3 Å². The van der Waals surface area contributed by atoms with Gasteiger partial charge in [-0.3, -0.25) is 24.0 Å². The number of hydrogen-bond acceptors (Lipinski definition) is 15. The van der Waals surface area contributed by atoms with Gasteiger partial charge in [0.15, 0.2) is 0 Å². The fourth-order valence-corrected chi connectivity index (χ4v) is 13.1. The molecule has 2 aliphatic rings. The zero-order valence-electron chi connectivity index (χ0n) is 61.8. The first-order valence-electron chi connectivity index (χ1n) is 36.4. The summed E-state index contributed by atoms with van der Waals surface area (Å²) in [5, 5.41) is 32.9. The molecule has 8 aromatic rings. The van der Waals surface area contributed by atoms with E-state index in [-0.39, 0.29) is 82.9 Å². The predicted octanol–water partition coefficient (Wildman–Crippen LogP) is 9.99. The van der Waals surface area contributed by atoms with Gasteiger partial charge in [0.1, 0.15) is 72.5 Å². The van der Waals surface area contributed by atoms with Crippen molar-refractivity contribution < 1.29 is 76.7 Å². The number of hydrogen-bond donors (Lipinski definition) is 10. The number of carboxylic acid groups (broad SMARTS) is 1. The van der Waals surface area contributed by atoms with Gasteiger partial charge < -0.3 is 81.2 Å². The minimum Gasteiger partial charge on any atom is -0.489 e. The number of likely N-dealkylation sites (tertiary alicyclic amines) is 1. The normalized spacial score (nSPS) is 15.2. The van der Waals surface area contributed by atoms with Crippen molar-refractivity contribution in [3.05, 3.63) is 233 Å². The van der Waals surface area contributed by atoms with Crippen molar-refractivity contribution in [2.45, 2.75) is 153 Å². The number of aliphatic carboxylic acids is 1. The van der Waals surface area contributed by atoms with Gasteiger partial charge in [-0.2, -0.15) is 0 Å². The number of carbonyl (C=O) groups excluding carboxylic acids is 9. The number of fused-ring (bicyclic) bond motifs is 4. The topological polar surface area (TPSA) is 352 Å². The quantitative estimate of drug-likeness (QED) is 0.0138. The standard InChI is InChI=1S/C83H94N10O16/c1-82(2,3)108-79(102)84-41-23-22-36-66(77(99)100)88-73(95)68(46-56-48-87-65-35-21-20-30-59(56)65)89-75(97)71(55-28-14-9-15-29-55)92-74(96)70-47-58(107-78(101)85-42-43-86-80(103)109-83(4,5)6)49-93(70)76(98)69(45-52-24-10-7-11-25-52)90-72(94)67(44-53-37-39-57(40-38-53)105-50-54-26-12-8-13-27-54)91-81(104)106-51-64-62-33-18-16-31-60(62)61-32-17-19-34-63(61)64/h7-21,24-35,37-40,48,58,64,66-71,87H,22-23,36,41-47,49-51H2,1-6H3,(H,84,102)(H,85,101)(H,86,103)(H,88,95)(H,89,97)(H,90,94)(H,91,104)(H,92,96)(H,99,100)/t58?,66-,67-,68+,69-,70-,71-/m0/s1. The van der Waals surface area contributed by atoms with Crippen molar-refractivity contribution in [1.29, 1.82) is 0 Å². The first kappa shape index (κ1) is 79.3. The van der Waals surface area contributed by atoms with E-state index in [1.807, 2.05) is 97.1 Å². The Bertz CT molecular complexity index is 4430. The number of nitrogens with one attached hydrogen (secondary N) is 9. The van der Waals surface area contributed by atoms with E-state index in [9.17, 15) is 33.9 Å². The average molecular weight is 1490 g/mol. The summed E-state index contributed by atoms with van der Waals surface area (Å²) in [6.45, 7) is 10.00. The predicted molar refractivity (Wildman–Crippen MR) is 407 cm³/mol. The summed E-state index contributed by atoms with van der Waals surface area (Å²) in [5.41, 5.74) is 6.06. The summed E-state index contributed by atoms with van der Waals surface area (Å²) in [5.74, 6) is -5.49. The molecule has 26 nitrogen and oxygen atoms in total. The van der Waals surface area contributed by atoms with E-state index in [2.05, 4.69) is 47.5 Å². The van der Waals surface area contributed by atoms with Crippen molar-refractivity contribution in [3.63, 3.8) is 0 Å². The number of aromatic nitrogens is 1. The lowest BCUT2D eigenvalue weighted by atomic mass is 9.98. The second-order valence-corrected chi connectivity index (χ2v) is 28.8. The molecule has 109 heavy (non-hydrogen) atoms. The summed E-state index contributed by atoms with van der Waals surface area (Å²) in [6.07, 6.45) is -3.09. The second-order valence-electron chi connectivity index (χ2n) is 28.8. The van der Waals surface area contributed by atoms with Gasteiger partial charge in [0, 0.05) is 68.3 Å². The van der Waals surface area contributed by atoms with E-state index in [4.69, 9.17) is 23.7 Å². The largest absolute Gasteiger partial charge is 0.489 e.